The van der Waals surface area contributed by atoms with Gasteiger partial charge in [-0.1, -0.05) is 0 Å². The molecular formula is C23H24FN6Na2O9P. The van der Waals surface area contributed by atoms with E-state index < -0.39 is 142 Å². The van der Waals surface area contributed by atoms with E-state index in [1.54, 1.807) is 0 Å². The smallest absolute Gasteiger partial charge is 0.790 e. The number of methoxy groups -OCH3 is 3. The van der Waals surface area contributed by atoms with Gasteiger partial charge < -0.3 is 48.5 Å². The normalized spacial score (nSPS) is 22.4. The van der Waals surface area contributed by atoms with Gasteiger partial charge >= 0.3 is 59.1 Å². The summed E-state index contributed by atoms with van der Waals surface area (Å²) in [5, 5.41) is 4.29. The number of fused-ring (bicyclic) bond motifs is 1. The SMILES string of the molecule is [2H]c1nc(Nc2cc(OC([2H])([2H])[2H])c(OC([2H])([2H])[2H])c(OC([2H])([2H])[2H])c2)nc(Nc2nc3c(c([2H])c2[2H])OC(C([2H])([2H])[2H])(C([2H])([2H])[2H])C(=O)N3C([2H])([2H])OP(=O)([O-])[O-])c1F.[Na+].[Na+]. The second-order valence-electron chi connectivity index (χ2n) is 7.10. The largest absolute Gasteiger partial charge is 1.00 e. The number of anilines is 5. The maximum atomic E-state index is 15.4. The number of nitrogens with zero attached hydrogens (tertiary/aromatic N) is 4. The number of hydrogen-bond acceptors (Lipinski definition) is 14. The third kappa shape index (κ3) is 8.23. The Morgan fingerprint density at radius 3 is 2.45 bits per heavy atom. The van der Waals surface area contributed by atoms with Crippen molar-refractivity contribution >= 4 is 42.8 Å². The van der Waals surface area contributed by atoms with E-state index >= 15 is 4.39 Å². The van der Waals surface area contributed by atoms with E-state index in [-0.39, 0.29) is 59.1 Å². The monoisotopic (exact) mass is 644 g/mol. The van der Waals surface area contributed by atoms with E-state index in [0.29, 0.717) is 12.1 Å². The Balaban J connectivity index is 0.00000661. The molecule has 0 atom stereocenters. The van der Waals surface area contributed by atoms with E-state index in [2.05, 4.69) is 24.8 Å². The molecule has 0 fully saturated rings. The van der Waals surface area contributed by atoms with Crippen LogP contribution in [0.5, 0.6) is 23.0 Å². The van der Waals surface area contributed by atoms with Crippen molar-refractivity contribution < 1.29 is 134 Å². The van der Waals surface area contributed by atoms with Crippen LogP contribution in [0, 0.1) is 5.82 Å². The molecule has 0 spiro atoms. The average molecular weight is 645 g/mol. The Labute approximate surface area is 312 Å². The van der Waals surface area contributed by atoms with Crippen molar-refractivity contribution in [1.82, 2.24) is 15.0 Å². The molecule has 0 unspecified atom stereocenters. The Morgan fingerprint density at radius 2 is 1.83 bits per heavy atom. The summed E-state index contributed by atoms with van der Waals surface area (Å²) in [6.45, 7) is -12.6. The molecule has 1 aliphatic rings. The van der Waals surface area contributed by atoms with Gasteiger partial charge in [-0.25, -0.2) is 14.4 Å². The first kappa shape index (κ1) is 16.2. The van der Waals surface area contributed by atoms with Crippen molar-refractivity contribution in [3.63, 3.8) is 0 Å². The summed E-state index contributed by atoms with van der Waals surface area (Å²) in [5.74, 6) is -13.4. The minimum Gasteiger partial charge on any atom is -0.790 e. The Hall–Kier alpha value is -2.24. The fourth-order valence-corrected chi connectivity index (χ4v) is 3.06. The van der Waals surface area contributed by atoms with Gasteiger partial charge in [-0.3, -0.25) is 9.69 Å². The van der Waals surface area contributed by atoms with Gasteiger partial charge in [0, 0.05) is 26.0 Å². The van der Waals surface area contributed by atoms with E-state index in [1.165, 1.54) is 0 Å². The zero-order chi connectivity index (χ0) is 46.1. The molecule has 3 aromatic rings. The number of halogens is 1. The molecule has 0 radical (unpaired) electrons. The number of ether oxygens (including phenoxy) is 4. The first-order chi connectivity index (χ1) is 26.8. The molecule has 1 aliphatic heterocycles. The fourth-order valence-electron chi connectivity index (χ4n) is 2.88. The topological polar surface area (TPSA) is 192 Å². The summed E-state index contributed by atoms with van der Waals surface area (Å²) in [6.07, 6.45) is -1.31. The molecular weight excluding hydrogens is 600 g/mol. The standard InChI is InChI=1S/C23H26FN6O9P.2Na/c1-23(2)21(31)30(11-38-40(32,33)34)20-14(39-23)6-7-17(28-20)27-19-13(24)10-25-22(29-19)26-12-8-15(35-3)18(37-5)16(9-12)36-4;;/h6-10H,11H2,1-5H3,(H2,32,33,34)(H2,25,26,27,28,29);;/q;2*+1/p-2/i1D3,2D3,3D3,4D3,5D3,6D,7D,10D,11D2;;. The number of benzene rings is 1. The van der Waals surface area contributed by atoms with Gasteiger partial charge in [-0.2, -0.15) is 4.98 Å². The van der Waals surface area contributed by atoms with Crippen molar-refractivity contribution in [2.75, 3.05) is 43.3 Å². The number of nitrogens with one attached hydrogen (secondary N) is 2. The molecule has 3 heterocycles. The molecule has 42 heavy (non-hydrogen) atoms. The van der Waals surface area contributed by atoms with Crippen LogP contribution in [0.15, 0.2) is 30.4 Å². The minimum atomic E-state index is -6.51. The molecule has 0 saturated carbocycles. The number of carbonyl (C=O) groups is 1. The van der Waals surface area contributed by atoms with Crippen LogP contribution in [-0.2, 0) is 13.9 Å². The fraction of sp³-hybridized carbons (Fsp3) is 0.304. The first-order valence-electron chi connectivity index (χ1n) is 19.9. The van der Waals surface area contributed by atoms with Crippen LogP contribution in [0.3, 0.4) is 0 Å². The quantitative estimate of drug-likeness (QED) is 0.160. The number of phosphoric acid groups is 1. The van der Waals surface area contributed by atoms with Gasteiger partial charge in [0.05, 0.1) is 54.3 Å². The van der Waals surface area contributed by atoms with E-state index in [0.717, 1.165) is 0 Å². The number of hydrogen-bond donors (Lipinski definition) is 2. The Kier molecular flexibility index (Phi) is 5.58. The second kappa shape index (κ2) is 14.5. The average Bonchev–Trinajstić information content (AvgIpc) is 2.99. The first-order valence-corrected chi connectivity index (χ1v) is 11.3. The maximum Gasteiger partial charge on any atom is 1.00 e. The van der Waals surface area contributed by atoms with Crippen molar-refractivity contribution in [1.29, 1.82) is 0 Å². The van der Waals surface area contributed by atoms with Crippen molar-refractivity contribution in [2.24, 2.45) is 0 Å². The predicted molar refractivity (Wildman–Crippen MR) is 135 cm³/mol. The molecule has 1 amide bonds. The molecule has 19 heteroatoms. The Morgan fingerprint density at radius 1 is 1.14 bits per heavy atom. The van der Waals surface area contributed by atoms with Crippen molar-refractivity contribution in [2.45, 2.75) is 19.3 Å². The van der Waals surface area contributed by atoms with Crippen LogP contribution in [0.4, 0.5) is 33.5 Å². The van der Waals surface area contributed by atoms with E-state index in [4.69, 9.17) is 46.4 Å². The minimum absolute atomic E-state index is 0. The van der Waals surface area contributed by atoms with Gasteiger partial charge in [0.15, 0.2) is 40.3 Å². The summed E-state index contributed by atoms with van der Waals surface area (Å²) in [4.78, 5) is 46.9. The third-order valence-corrected chi connectivity index (χ3v) is 4.76. The van der Waals surface area contributed by atoms with Crippen LogP contribution in [0.1, 0.15) is 41.1 Å². The van der Waals surface area contributed by atoms with Crippen LogP contribution in [-0.4, -0.2) is 54.3 Å². The maximum absolute atomic E-state index is 15.4. The molecule has 0 aliphatic carbocycles. The third-order valence-electron chi connectivity index (χ3n) is 4.45. The summed E-state index contributed by atoms with van der Waals surface area (Å²) in [7, 11) is -16.5. The van der Waals surface area contributed by atoms with E-state index in [1.807, 2.05) is 5.32 Å². The van der Waals surface area contributed by atoms with Gasteiger partial charge in [0.2, 0.25) is 11.7 Å². The molecule has 4 rings (SSSR count). The van der Waals surface area contributed by atoms with E-state index in [9.17, 15) is 19.1 Å². The number of amides is 1. The molecule has 2 aromatic heterocycles. The Bertz CT molecular complexity index is 2190. The molecule has 2 N–H and O–H groups in total. The summed E-state index contributed by atoms with van der Waals surface area (Å²) in [6, 6.07) is -1.31. The number of rotatable bonds is 10. The zero-order valence-electron chi connectivity index (χ0n) is 40.9. The van der Waals surface area contributed by atoms with Crippen molar-refractivity contribution in [3.8, 4) is 23.0 Å². The summed E-state index contributed by atoms with van der Waals surface area (Å²) < 4.78 is 205. The number of aromatic nitrogens is 3. The molecule has 0 bridgehead atoms. The second-order valence-corrected chi connectivity index (χ2v) is 8.17. The van der Waals surface area contributed by atoms with Gasteiger partial charge in [0.25, 0.3) is 5.91 Å². The zero-order valence-corrected chi connectivity index (χ0v) is 25.8. The number of pyridine rings is 1. The molecule has 0 saturated heterocycles. The van der Waals surface area contributed by atoms with Crippen LogP contribution in [0.2, 0.25) is 0 Å². The molecule has 1 aromatic carbocycles. The van der Waals surface area contributed by atoms with Crippen LogP contribution < -0.4 is 103 Å². The predicted octanol–water partition coefficient (Wildman–Crippen LogP) is -4.16. The van der Waals surface area contributed by atoms with Crippen molar-refractivity contribution in [3.05, 3.63) is 36.2 Å². The number of phosphoric ester groups is 1. The molecule has 214 valence electrons. The number of carbonyl (C=O) groups excluding carboxylic acids is 1. The van der Waals surface area contributed by atoms with Crippen LogP contribution in [0.25, 0.3) is 0 Å². The van der Waals surface area contributed by atoms with Crippen LogP contribution >= 0.6 is 7.82 Å². The van der Waals surface area contributed by atoms with Gasteiger partial charge in [0.1, 0.15) is 12.5 Å². The summed E-state index contributed by atoms with van der Waals surface area (Å²) >= 11 is 0. The van der Waals surface area contributed by atoms with Gasteiger partial charge in [-0.05, 0) is 25.8 Å². The van der Waals surface area contributed by atoms with Gasteiger partial charge in [-0.15, -0.1) is 0 Å². The summed E-state index contributed by atoms with van der Waals surface area (Å²) in [5.41, 5.74) is -4.68. The molecule has 15 nitrogen and oxygen atoms in total.